The third-order valence-corrected chi connectivity index (χ3v) is 13.8. The molecule has 1 nitrogen and oxygen atoms in total. The maximum atomic E-state index is 6.79. The molecule has 8 aromatic rings. The summed E-state index contributed by atoms with van der Waals surface area (Å²) in [7, 11) is 0. The minimum absolute atomic E-state index is 0.170. The average molecular weight is 681 g/mol. The van der Waals surface area contributed by atoms with Crippen LogP contribution in [0.4, 0.5) is 0 Å². The van der Waals surface area contributed by atoms with Crippen molar-refractivity contribution >= 4 is 21.9 Å². The number of hydrogen-bond acceptors (Lipinski definition) is 1. The van der Waals surface area contributed by atoms with E-state index in [1.54, 1.807) is 11.1 Å². The normalized spacial score (nSPS) is 23.5. The van der Waals surface area contributed by atoms with Crippen LogP contribution >= 0.6 is 0 Å². The summed E-state index contributed by atoms with van der Waals surface area (Å²) < 4.78 is 6.79. The Kier molecular flexibility index (Phi) is 6.30. The molecule has 5 aliphatic carbocycles. The van der Waals surface area contributed by atoms with Gasteiger partial charge in [0, 0.05) is 21.8 Å². The molecule has 7 aromatic carbocycles. The molecular formula is C52H40O. The number of rotatable bonds is 4. The van der Waals surface area contributed by atoms with Gasteiger partial charge in [0.25, 0.3) is 0 Å². The Morgan fingerprint density at radius 1 is 0.377 bits per heavy atom. The Bertz CT molecular complexity index is 2650. The van der Waals surface area contributed by atoms with Crippen molar-refractivity contribution in [1.29, 1.82) is 0 Å². The van der Waals surface area contributed by atoms with Crippen molar-refractivity contribution in [3.63, 3.8) is 0 Å². The summed E-state index contributed by atoms with van der Waals surface area (Å²) in [5, 5.41) is 2.34. The van der Waals surface area contributed by atoms with Gasteiger partial charge in [-0.05, 0) is 153 Å². The molecule has 0 unspecified atom stereocenters. The van der Waals surface area contributed by atoms with Crippen LogP contribution in [0.15, 0.2) is 162 Å². The fraction of sp³-hybridized carbons (Fsp3) is 0.192. The molecule has 1 aromatic heterocycles. The van der Waals surface area contributed by atoms with Crippen LogP contribution in [0.2, 0.25) is 0 Å². The van der Waals surface area contributed by atoms with Gasteiger partial charge in [-0.2, -0.15) is 0 Å². The second kappa shape index (κ2) is 11.2. The average Bonchev–Trinajstić information content (AvgIpc) is 3.73. The minimum atomic E-state index is 0.170. The van der Waals surface area contributed by atoms with E-state index < -0.39 is 0 Å². The highest BCUT2D eigenvalue weighted by molar-refractivity contribution is 6.11. The zero-order valence-electron chi connectivity index (χ0n) is 29.8. The van der Waals surface area contributed by atoms with Gasteiger partial charge >= 0.3 is 0 Å². The number of para-hydroxylation sites is 1. The third-order valence-electron chi connectivity index (χ3n) is 13.8. The SMILES string of the molecule is c1ccc(-c2cc(-c3ccccc3)cc(-c3cccc4c3oc3ccc(-c5ccc6c(c5)C5(c7ccccc7-6)C6CC7CC(C6)CC5C7)cc34)c2)cc1. The molecule has 0 atom stereocenters. The fourth-order valence-corrected chi connectivity index (χ4v) is 11.9. The lowest BCUT2D eigenvalue weighted by Gasteiger charge is -2.61. The molecule has 1 heteroatoms. The molecule has 1 spiro atoms. The molecule has 0 saturated heterocycles. The van der Waals surface area contributed by atoms with Crippen LogP contribution in [0.1, 0.15) is 43.2 Å². The lowest BCUT2D eigenvalue weighted by atomic mass is 9.43. The molecule has 254 valence electrons. The van der Waals surface area contributed by atoms with Gasteiger partial charge in [0.2, 0.25) is 0 Å². The summed E-state index contributed by atoms with van der Waals surface area (Å²) in [6, 6.07) is 58.7. The molecular weight excluding hydrogens is 641 g/mol. The van der Waals surface area contributed by atoms with Crippen molar-refractivity contribution in [1.82, 2.24) is 0 Å². The topological polar surface area (TPSA) is 13.1 Å². The lowest BCUT2D eigenvalue weighted by Crippen LogP contribution is -2.55. The summed E-state index contributed by atoms with van der Waals surface area (Å²) in [4.78, 5) is 0. The van der Waals surface area contributed by atoms with Crippen LogP contribution < -0.4 is 0 Å². The van der Waals surface area contributed by atoms with Crippen molar-refractivity contribution in [3.05, 3.63) is 169 Å². The van der Waals surface area contributed by atoms with Crippen LogP contribution in [-0.4, -0.2) is 0 Å². The molecule has 0 aliphatic heterocycles. The van der Waals surface area contributed by atoms with E-state index in [1.165, 1.54) is 82.0 Å². The van der Waals surface area contributed by atoms with Gasteiger partial charge in [-0.25, -0.2) is 0 Å². The molecule has 1 heterocycles. The molecule has 0 radical (unpaired) electrons. The maximum absolute atomic E-state index is 6.79. The summed E-state index contributed by atoms with van der Waals surface area (Å²) in [6.07, 6.45) is 7.09. The Morgan fingerprint density at radius 3 is 1.68 bits per heavy atom. The number of furan rings is 1. The van der Waals surface area contributed by atoms with Crippen LogP contribution in [0, 0.1) is 23.7 Å². The molecule has 0 amide bonds. The van der Waals surface area contributed by atoms with E-state index >= 15 is 0 Å². The summed E-state index contributed by atoms with van der Waals surface area (Å²) >= 11 is 0. The van der Waals surface area contributed by atoms with Crippen LogP contribution in [-0.2, 0) is 5.41 Å². The van der Waals surface area contributed by atoms with Crippen molar-refractivity contribution in [2.75, 3.05) is 0 Å². The van der Waals surface area contributed by atoms with E-state index in [0.29, 0.717) is 0 Å². The van der Waals surface area contributed by atoms with Gasteiger partial charge in [-0.3, -0.25) is 0 Å². The second-order valence-corrected chi connectivity index (χ2v) is 16.5. The highest BCUT2D eigenvalue weighted by Gasteiger charge is 2.61. The van der Waals surface area contributed by atoms with E-state index in [9.17, 15) is 0 Å². The molecule has 0 N–H and O–H groups in total. The van der Waals surface area contributed by atoms with Crippen LogP contribution in [0.5, 0.6) is 0 Å². The first-order valence-electron chi connectivity index (χ1n) is 19.7. The third kappa shape index (κ3) is 4.31. The standard InChI is InChI=1S/C52H40O/c1-3-10-34(11-4-1)38-27-39(35-12-5-2-6-13-35)29-40(28-38)43-15-9-16-46-47-30-36(19-21-50(47)53-51(43)46)37-18-20-45-44-14-7-8-17-48(44)52(49(45)31-37)41-23-32-22-33(25-41)26-42(52)24-32/h1-21,27-33,41-42H,22-26H2. The van der Waals surface area contributed by atoms with Gasteiger partial charge in [-0.15, -0.1) is 0 Å². The molecule has 4 saturated carbocycles. The first-order chi connectivity index (χ1) is 26.2. The Balaban J connectivity index is 0.997. The summed E-state index contributed by atoms with van der Waals surface area (Å²) in [6.45, 7) is 0. The van der Waals surface area contributed by atoms with E-state index in [2.05, 4.69) is 158 Å². The van der Waals surface area contributed by atoms with Crippen molar-refractivity contribution in [2.45, 2.75) is 37.5 Å². The highest BCUT2D eigenvalue weighted by atomic mass is 16.3. The van der Waals surface area contributed by atoms with E-state index in [-0.39, 0.29) is 5.41 Å². The monoisotopic (exact) mass is 680 g/mol. The van der Waals surface area contributed by atoms with Crippen LogP contribution in [0.3, 0.4) is 0 Å². The number of fused-ring (bicyclic) bond motifs is 6. The van der Waals surface area contributed by atoms with E-state index in [1.807, 2.05) is 0 Å². The van der Waals surface area contributed by atoms with Crippen molar-refractivity contribution in [3.8, 4) is 55.6 Å². The van der Waals surface area contributed by atoms with Gasteiger partial charge < -0.3 is 4.42 Å². The predicted octanol–water partition coefficient (Wildman–Crippen LogP) is 14.0. The predicted molar refractivity (Wildman–Crippen MR) is 219 cm³/mol. The van der Waals surface area contributed by atoms with Gasteiger partial charge in [0.1, 0.15) is 11.2 Å². The number of hydrogen-bond donors (Lipinski definition) is 0. The molecule has 5 aliphatic rings. The largest absolute Gasteiger partial charge is 0.455 e. The Morgan fingerprint density at radius 2 is 0.962 bits per heavy atom. The molecule has 4 fully saturated rings. The summed E-state index contributed by atoms with van der Waals surface area (Å²) in [5.74, 6) is 3.40. The van der Waals surface area contributed by atoms with E-state index in [4.69, 9.17) is 4.42 Å². The zero-order chi connectivity index (χ0) is 34.7. The smallest absolute Gasteiger partial charge is 0.143 e. The molecule has 53 heavy (non-hydrogen) atoms. The van der Waals surface area contributed by atoms with Gasteiger partial charge in [0.15, 0.2) is 0 Å². The molecule has 13 rings (SSSR count). The Hall–Kier alpha value is -5.66. The first kappa shape index (κ1) is 29.9. The first-order valence-corrected chi connectivity index (χ1v) is 19.7. The van der Waals surface area contributed by atoms with Gasteiger partial charge in [0.05, 0.1) is 0 Å². The Labute approximate surface area is 311 Å². The zero-order valence-corrected chi connectivity index (χ0v) is 29.8. The van der Waals surface area contributed by atoms with Crippen molar-refractivity contribution in [2.24, 2.45) is 23.7 Å². The van der Waals surface area contributed by atoms with Gasteiger partial charge in [-0.1, -0.05) is 121 Å². The highest BCUT2D eigenvalue weighted by Crippen LogP contribution is 2.69. The fourth-order valence-electron chi connectivity index (χ4n) is 11.9. The van der Waals surface area contributed by atoms with Crippen LogP contribution in [0.25, 0.3) is 77.6 Å². The maximum Gasteiger partial charge on any atom is 0.143 e. The minimum Gasteiger partial charge on any atom is -0.455 e. The number of benzene rings is 7. The lowest BCUT2D eigenvalue weighted by molar-refractivity contribution is -0.0399. The van der Waals surface area contributed by atoms with Crippen molar-refractivity contribution < 1.29 is 4.42 Å². The van der Waals surface area contributed by atoms with E-state index in [0.717, 1.165) is 51.4 Å². The molecule has 4 bridgehead atoms. The summed E-state index contributed by atoms with van der Waals surface area (Å²) in [5.41, 5.74) is 17.9. The second-order valence-electron chi connectivity index (χ2n) is 16.5. The quantitative estimate of drug-likeness (QED) is 0.180.